The molecule has 1 aromatic carbocycles. The second kappa shape index (κ2) is 10.8. The first-order valence-electron chi connectivity index (χ1n) is 12.2. The number of nitrogens with one attached hydrogen (secondary N) is 3. The number of anilines is 1. The van der Waals surface area contributed by atoms with E-state index in [0.717, 1.165) is 59.1 Å². The number of pyridine rings is 1. The Hall–Kier alpha value is -3.91. The number of hydrogen-bond acceptors (Lipinski definition) is 5. The second-order valence-electron chi connectivity index (χ2n) is 8.78. The van der Waals surface area contributed by atoms with Crippen LogP contribution in [0, 0.1) is 13.8 Å². The van der Waals surface area contributed by atoms with Crippen LogP contribution in [0.3, 0.4) is 0 Å². The smallest absolute Gasteiger partial charge is 0.256 e. The number of ether oxygens (including phenoxy) is 1. The summed E-state index contributed by atoms with van der Waals surface area (Å²) in [6.45, 7) is 11.3. The molecule has 2 amide bonds. The van der Waals surface area contributed by atoms with Gasteiger partial charge in [-0.2, -0.15) is 0 Å². The van der Waals surface area contributed by atoms with Gasteiger partial charge in [-0.1, -0.05) is 26.0 Å². The summed E-state index contributed by atoms with van der Waals surface area (Å²) in [5.74, 6) is 0.233. The standard InChI is InChI=1S/C28H33N5O3/c1-6-33(7-2)14-13-29-28(35)26-17(3)24(30-18(26)4)16-21-20-15-19(11-12-23(20)32-27(21)34)22-9-8-10-25(31-22)36-5/h8-12,15-16,30H,6-7,13-14H2,1-5H3,(H,29,35)(H,32,34)/b21-16-. The van der Waals surface area contributed by atoms with Crippen molar-refractivity contribution in [2.24, 2.45) is 0 Å². The van der Waals surface area contributed by atoms with Crippen molar-refractivity contribution in [2.75, 3.05) is 38.6 Å². The van der Waals surface area contributed by atoms with Crippen LogP contribution < -0.4 is 15.4 Å². The SMILES string of the molecule is CCN(CC)CCNC(=O)c1c(C)[nH]c(/C=C2\C(=O)Nc3ccc(-c4cccc(OC)n4)cc32)c1C. The van der Waals surface area contributed by atoms with Crippen LogP contribution in [0.2, 0.25) is 0 Å². The second-order valence-corrected chi connectivity index (χ2v) is 8.78. The number of amides is 2. The molecular formula is C28H33N5O3. The first-order valence-corrected chi connectivity index (χ1v) is 12.2. The zero-order valence-electron chi connectivity index (χ0n) is 21.5. The van der Waals surface area contributed by atoms with Crippen molar-refractivity contribution in [2.45, 2.75) is 27.7 Å². The molecule has 0 fully saturated rings. The Labute approximate surface area is 211 Å². The Balaban J connectivity index is 1.62. The monoisotopic (exact) mass is 487 g/mol. The molecule has 0 radical (unpaired) electrons. The topological polar surface area (TPSA) is 99.4 Å². The lowest BCUT2D eigenvalue weighted by Crippen LogP contribution is -2.35. The van der Waals surface area contributed by atoms with Crippen LogP contribution in [0.15, 0.2) is 36.4 Å². The van der Waals surface area contributed by atoms with Gasteiger partial charge in [-0.15, -0.1) is 0 Å². The van der Waals surface area contributed by atoms with Crippen molar-refractivity contribution in [3.8, 4) is 17.1 Å². The summed E-state index contributed by atoms with van der Waals surface area (Å²) in [5.41, 5.74) is 6.65. The molecule has 3 heterocycles. The number of methoxy groups -OCH3 is 1. The third kappa shape index (κ3) is 5.04. The highest BCUT2D eigenvalue weighted by molar-refractivity contribution is 6.35. The van der Waals surface area contributed by atoms with Gasteiger partial charge in [-0.05, 0) is 56.8 Å². The molecule has 3 aromatic rings. The number of carbonyl (C=O) groups excluding carboxylic acids is 2. The van der Waals surface area contributed by atoms with E-state index in [1.807, 2.05) is 50.3 Å². The first-order chi connectivity index (χ1) is 17.4. The summed E-state index contributed by atoms with van der Waals surface area (Å²) in [4.78, 5) is 35.9. The molecule has 1 aliphatic heterocycles. The van der Waals surface area contributed by atoms with Gasteiger partial charge < -0.3 is 25.3 Å². The molecular weight excluding hydrogens is 454 g/mol. The first kappa shape index (κ1) is 25.2. The molecule has 0 saturated heterocycles. The number of aromatic amines is 1. The van der Waals surface area contributed by atoms with Crippen LogP contribution >= 0.6 is 0 Å². The van der Waals surface area contributed by atoms with E-state index in [2.05, 4.69) is 39.3 Å². The van der Waals surface area contributed by atoms with Crippen LogP contribution in [-0.2, 0) is 4.79 Å². The number of rotatable bonds is 9. The van der Waals surface area contributed by atoms with Gasteiger partial charge in [-0.3, -0.25) is 9.59 Å². The Morgan fingerprint density at radius 2 is 1.94 bits per heavy atom. The molecule has 0 atom stereocenters. The number of nitrogens with zero attached hydrogens (tertiary/aromatic N) is 2. The minimum atomic E-state index is -0.183. The van der Waals surface area contributed by atoms with E-state index in [0.29, 0.717) is 23.6 Å². The van der Waals surface area contributed by atoms with Crippen LogP contribution in [0.5, 0.6) is 5.88 Å². The van der Waals surface area contributed by atoms with Gasteiger partial charge in [0.25, 0.3) is 11.8 Å². The number of fused-ring (bicyclic) bond motifs is 1. The number of likely N-dealkylation sites (N-methyl/N-ethyl adjacent to an activating group) is 1. The van der Waals surface area contributed by atoms with E-state index in [-0.39, 0.29) is 11.8 Å². The minimum absolute atomic E-state index is 0.110. The summed E-state index contributed by atoms with van der Waals surface area (Å²) >= 11 is 0. The van der Waals surface area contributed by atoms with Gasteiger partial charge in [-0.25, -0.2) is 4.98 Å². The van der Waals surface area contributed by atoms with Crippen molar-refractivity contribution in [1.82, 2.24) is 20.2 Å². The van der Waals surface area contributed by atoms with E-state index < -0.39 is 0 Å². The summed E-state index contributed by atoms with van der Waals surface area (Å²) in [5, 5.41) is 5.96. The fourth-order valence-corrected chi connectivity index (χ4v) is 4.54. The van der Waals surface area contributed by atoms with Gasteiger partial charge in [0.05, 0.1) is 23.9 Å². The van der Waals surface area contributed by atoms with E-state index in [1.54, 1.807) is 13.2 Å². The lowest BCUT2D eigenvalue weighted by molar-refractivity contribution is -0.110. The van der Waals surface area contributed by atoms with Gasteiger partial charge in [0.15, 0.2) is 0 Å². The van der Waals surface area contributed by atoms with Crippen molar-refractivity contribution in [3.63, 3.8) is 0 Å². The Morgan fingerprint density at radius 1 is 1.17 bits per heavy atom. The average molecular weight is 488 g/mol. The molecule has 0 bridgehead atoms. The van der Waals surface area contributed by atoms with E-state index in [9.17, 15) is 9.59 Å². The normalized spacial score (nSPS) is 13.7. The largest absolute Gasteiger partial charge is 0.481 e. The molecule has 0 aliphatic carbocycles. The number of H-pyrrole nitrogens is 1. The van der Waals surface area contributed by atoms with Crippen LogP contribution in [0.4, 0.5) is 5.69 Å². The highest BCUT2D eigenvalue weighted by Crippen LogP contribution is 2.36. The minimum Gasteiger partial charge on any atom is -0.481 e. The number of aromatic nitrogens is 2. The maximum Gasteiger partial charge on any atom is 0.256 e. The van der Waals surface area contributed by atoms with Crippen LogP contribution in [-0.4, -0.2) is 60.0 Å². The predicted molar refractivity (Wildman–Crippen MR) is 143 cm³/mol. The van der Waals surface area contributed by atoms with Crippen LogP contribution in [0.1, 0.15) is 46.7 Å². The fourth-order valence-electron chi connectivity index (χ4n) is 4.54. The van der Waals surface area contributed by atoms with Crippen molar-refractivity contribution < 1.29 is 14.3 Å². The Morgan fingerprint density at radius 3 is 2.67 bits per heavy atom. The molecule has 0 unspecified atom stereocenters. The maximum absolute atomic E-state index is 12.9. The van der Waals surface area contributed by atoms with Crippen molar-refractivity contribution in [1.29, 1.82) is 0 Å². The van der Waals surface area contributed by atoms with Gasteiger partial charge in [0, 0.05) is 47.4 Å². The zero-order valence-corrected chi connectivity index (χ0v) is 21.5. The van der Waals surface area contributed by atoms with E-state index >= 15 is 0 Å². The molecule has 8 heteroatoms. The molecule has 8 nitrogen and oxygen atoms in total. The Bertz CT molecular complexity index is 1320. The van der Waals surface area contributed by atoms with Crippen molar-refractivity contribution in [3.05, 3.63) is 64.5 Å². The molecule has 188 valence electrons. The summed E-state index contributed by atoms with van der Waals surface area (Å²) < 4.78 is 5.25. The molecule has 0 spiro atoms. The number of hydrogen-bond donors (Lipinski definition) is 3. The number of aryl methyl sites for hydroxylation is 1. The fraction of sp³-hybridized carbons (Fsp3) is 0.321. The molecule has 2 aromatic heterocycles. The molecule has 1 aliphatic rings. The third-order valence-corrected chi connectivity index (χ3v) is 6.63. The maximum atomic E-state index is 12.9. The quantitative estimate of drug-likeness (QED) is 0.392. The Kier molecular flexibility index (Phi) is 7.55. The van der Waals surface area contributed by atoms with Gasteiger partial charge in [0.2, 0.25) is 5.88 Å². The van der Waals surface area contributed by atoms with Crippen LogP contribution in [0.25, 0.3) is 22.9 Å². The third-order valence-electron chi connectivity index (χ3n) is 6.63. The summed E-state index contributed by atoms with van der Waals surface area (Å²) in [7, 11) is 1.58. The highest BCUT2D eigenvalue weighted by Gasteiger charge is 2.26. The number of benzene rings is 1. The number of carbonyl (C=O) groups is 2. The van der Waals surface area contributed by atoms with Gasteiger partial charge in [0.1, 0.15) is 0 Å². The molecule has 4 rings (SSSR count). The van der Waals surface area contributed by atoms with E-state index in [4.69, 9.17) is 4.74 Å². The lowest BCUT2D eigenvalue weighted by atomic mass is 10.0. The lowest BCUT2D eigenvalue weighted by Gasteiger charge is -2.18. The summed E-state index contributed by atoms with van der Waals surface area (Å²) in [6, 6.07) is 11.3. The van der Waals surface area contributed by atoms with E-state index in [1.165, 1.54) is 0 Å². The molecule has 3 N–H and O–H groups in total. The molecule has 0 saturated carbocycles. The molecule has 36 heavy (non-hydrogen) atoms. The highest BCUT2D eigenvalue weighted by atomic mass is 16.5. The van der Waals surface area contributed by atoms with Gasteiger partial charge >= 0.3 is 0 Å². The van der Waals surface area contributed by atoms with Crippen molar-refractivity contribution >= 4 is 29.2 Å². The predicted octanol–water partition coefficient (Wildman–Crippen LogP) is 4.27. The average Bonchev–Trinajstić information content (AvgIpc) is 3.35. The zero-order chi connectivity index (χ0) is 25.8. The summed E-state index contributed by atoms with van der Waals surface area (Å²) in [6.07, 6.45) is 1.82.